The lowest BCUT2D eigenvalue weighted by Gasteiger charge is -2.33. The van der Waals surface area contributed by atoms with Gasteiger partial charge in [0.15, 0.2) is 11.9 Å². The normalized spacial score (nSPS) is 17.7. The van der Waals surface area contributed by atoms with Crippen molar-refractivity contribution in [3.05, 3.63) is 83.9 Å². The summed E-state index contributed by atoms with van der Waals surface area (Å²) < 4.78 is 43.8. The van der Waals surface area contributed by atoms with Crippen molar-refractivity contribution in [3.8, 4) is 5.75 Å². The molecular formula is C31H31N5O9S. The van der Waals surface area contributed by atoms with E-state index in [0.717, 1.165) is 9.21 Å². The molecule has 3 aromatic carbocycles. The molecule has 1 N–H and O–H groups in total. The van der Waals surface area contributed by atoms with Gasteiger partial charge in [0.05, 0.1) is 37.7 Å². The van der Waals surface area contributed by atoms with E-state index in [1.807, 2.05) is 0 Å². The lowest BCUT2D eigenvalue weighted by molar-refractivity contribution is -0.144. The Labute approximate surface area is 265 Å². The number of methoxy groups -OCH3 is 2. The van der Waals surface area contributed by atoms with E-state index >= 15 is 0 Å². The summed E-state index contributed by atoms with van der Waals surface area (Å²) in [6, 6.07) is 16.1. The number of rotatable bonds is 10. The number of hydrogen-bond acceptors (Lipinski definition) is 10. The summed E-state index contributed by atoms with van der Waals surface area (Å²) in [7, 11) is -0.558. The molecule has 0 spiro atoms. The number of nitrogens with zero attached hydrogens (tertiary/aromatic N) is 4. The first-order valence-corrected chi connectivity index (χ1v) is 15.5. The third-order valence-corrected chi connectivity index (χ3v) is 9.20. The fourth-order valence-electron chi connectivity index (χ4n) is 5.14. The number of amidine groups is 1. The molecule has 5 rings (SSSR count). The van der Waals surface area contributed by atoms with Gasteiger partial charge in [-0.15, -0.1) is 0 Å². The average molecular weight is 650 g/mol. The number of urea groups is 1. The number of imide groups is 1. The minimum atomic E-state index is -4.26. The summed E-state index contributed by atoms with van der Waals surface area (Å²) >= 11 is 0. The predicted octanol–water partition coefficient (Wildman–Crippen LogP) is 2.98. The molecule has 2 aliphatic rings. The number of benzene rings is 3. The molecule has 0 aliphatic carbocycles. The number of fused-ring (bicyclic) bond motifs is 1. The number of aliphatic imine (C=N–C) groups is 1. The smallest absolute Gasteiger partial charge is 0.337 e. The van der Waals surface area contributed by atoms with E-state index in [-0.39, 0.29) is 40.7 Å². The number of para-hydroxylation sites is 1. The second-order valence-electron chi connectivity index (χ2n) is 10.1. The van der Waals surface area contributed by atoms with E-state index in [4.69, 9.17) is 14.2 Å². The number of nitrogens with one attached hydrogen (secondary N) is 1. The summed E-state index contributed by atoms with van der Waals surface area (Å²) in [5.74, 6) is -2.90. The van der Waals surface area contributed by atoms with E-state index in [1.165, 1.54) is 57.7 Å². The maximum Gasteiger partial charge on any atom is 0.337 e. The van der Waals surface area contributed by atoms with Gasteiger partial charge in [0, 0.05) is 13.7 Å². The highest BCUT2D eigenvalue weighted by Crippen LogP contribution is 2.35. The highest BCUT2D eigenvalue weighted by molar-refractivity contribution is 7.90. The van der Waals surface area contributed by atoms with Crippen LogP contribution in [0.4, 0.5) is 16.2 Å². The van der Waals surface area contributed by atoms with Crippen LogP contribution in [-0.2, 0) is 35.6 Å². The molecule has 15 heteroatoms. The Kier molecular flexibility index (Phi) is 9.07. The standard InChI is InChI=1S/C31H31N5O9S/c1-5-45-29-28(38)36(31(40)35(29)18-19-11-7-6-8-12-19)25(26-32-21-13-9-10-14-24(21)46(41,42)34(26)2)27(37)33-22-17-20(30(39)44-4)15-16-23(22)43-3/h6-17,25,29H,5,18H2,1-4H3,(H,33,37). The third kappa shape index (κ3) is 5.77. The van der Waals surface area contributed by atoms with Crippen LogP contribution >= 0.6 is 0 Å². The van der Waals surface area contributed by atoms with Crippen LogP contribution in [0.25, 0.3) is 0 Å². The second kappa shape index (κ2) is 13.0. The SMILES string of the molecule is CCOC1C(=O)N(C(C(=O)Nc2cc(C(=O)OC)ccc2OC)C2=Nc3ccccc3S(=O)(=O)N2C)C(=O)N1Cc1ccccc1. The molecule has 3 aromatic rings. The number of amides is 4. The van der Waals surface area contributed by atoms with Gasteiger partial charge in [0.25, 0.3) is 21.8 Å². The van der Waals surface area contributed by atoms with Crippen LogP contribution in [0.5, 0.6) is 5.75 Å². The van der Waals surface area contributed by atoms with Crippen molar-refractivity contribution in [1.82, 2.24) is 14.1 Å². The van der Waals surface area contributed by atoms with Crippen LogP contribution in [0.1, 0.15) is 22.8 Å². The van der Waals surface area contributed by atoms with Crippen molar-refractivity contribution < 1.29 is 41.8 Å². The number of anilines is 1. The van der Waals surface area contributed by atoms with Crippen molar-refractivity contribution in [3.63, 3.8) is 0 Å². The molecule has 0 aromatic heterocycles. The highest BCUT2D eigenvalue weighted by Gasteiger charge is 2.54. The third-order valence-electron chi connectivity index (χ3n) is 7.39. The molecule has 2 heterocycles. The summed E-state index contributed by atoms with van der Waals surface area (Å²) in [4.78, 5) is 60.9. The topological polar surface area (TPSA) is 164 Å². The van der Waals surface area contributed by atoms with E-state index in [1.54, 1.807) is 43.3 Å². The van der Waals surface area contributed by atoms with E-state index in [9.17, 15) is 27.6 Å². The first-order chi connectivity index (χ1) is 22.0. The number of sulfonamides is 1. The van der Waals surface area contributed by atoms with Gasteiger partial charge < -0.3 is 19.5 Å². The summed E-state index contributed by atoms with van der Waals surface area (Å²) in [6.45, 7) is 1.66. The maximum absolute atomic E-state index is 14.3. The van der Waals surface area contributed by atoms with Crippen molar-refractivity contribution in [2.24, 2.45) is 4.99 Å². The van der Waals surface area contributed by atoms with Crippen LogP contribution in [0.2, 0.25) is 0 Å². The fourth-order valence-corrected chi connectivity index (χ4v) is 6.45. The lowest BCUT2D eigenvalue weighted by atomic mass is 10.1. The predicted molar refractivity (Wildman–Crippen MR) is 165 cm³/mol. The number of hydrogen-bond donors (Lipinski definition) is 1. The van der Waals surface area contributed by atoms with Crippen LogP contribution in [0, 0.1) is 0 Å². The summed E-state index contributed by atoms with van der Waals surface area (Å²) in [5, 5.41) is 2.60. The van der Waals surface area contributed by atoms with Gasteiger partial charge in [-0.25, -0.2) is 27.9 Å². The van der Waals surface area contributed by atoms with E-state index in [0.29, 0.717) is 10.5 Å². The van der Waals surface area contributed by atoms with Gasteiger partial charge in [0.2, 0.25) is 6.23 Å². The minimum absolute atomic E-state index is 0.00989. The van der Waals surface area contributed by atoms with Gasteiger partial charge in [0.1, 0.15) is 10.6 Å². The number of ether oxygens (including phenoxy) is 3. The molecule has 2 atom stereocenters. The quantitative estimate of drug-likeness (QED) is 0.257. The zero-order valence-corrected chi connectivity index (χ0v) is 26.2. The average Bonchev–Trinajstić information content (AvgIpc) is 3.27. The van der Waals surface area contributed by atoms with Crippen LogP contribution < -0.4 is 10.1 Å². The lowest BCUT2D eigenvalue weighted by Crippen LogP contribution is -2.58. The highest BCUT2D eigenvalue weighted by atomic mass is 32.2. The number of carbonyl (C=O) groups is 4. The summed E-state index contributed by atoms with van der Waals surface area (Å²) in [5.41, 5.74) is 0.756. The molecule has 0 radical (unpaired) electrons. The van der Waals surface area contributed by atoms with Gasteiger partial charge in [-0.1, -0.05) is 42.5 Å². The molecular weight excluding hydrogens is 618 g/mol. The number of carbonyl (C=O) groups excluding carboxylic acids is 4. The number of esters is 1. The maximum atomic E-state index is 14.3. The molecule has 1 fully saturated rings. The summed E-state index contributed by atoms with van der Waals surface area (Å²) in [6.07, 6.45) is -1.41. The van der Waals surface area contributed by atoms with E-state index < -0.39 is 51.9 Å². The molecule has 1 saturated heterocycles. The zero-order valence-electron chi connectivity index (χ0n) is 25.4. The molecule has 0 bridgehead atoms. The Morgan fingerprint density at radius 3 is 2.37 bits per heavy atom. The Morgan fingerprint density at radius 2 is 1.70 bits per heavy atom. The largest absolute Gasteiger partial charge is 0.495 e. The zero-order chi connectivity index (χ0) is 33.2. The Bertz CT molecular complexity index is 1830. The minimum Gasteiger partial charge on any atom is -0.495 e. The van der Waals surface area contributed by atoms with Gasteiger partial charge >= 0.3 is 12.0 Å². The van der Waals surface area contributed by atoms with Gasteiger partial charge in [-0.3, -0.25) is 18.8 Å². The Morgan fingerprint density at radius 1 is 1.00 bits per heavy atom. The first kappa shape index (κ1) is 32.1. The van der Waals surface area contributed by atoms with Crippen molar-refractivity contribution in [2.75, 3.05) is 33.2 Å². The van der Waals surface area contributed by atoms with E-state index in [2.05, 4.69) is 10.3 Å². The molecule has 2 aliphatic heterocycles. The van der Waals surface area contributed by atoms with Gasteiger partial charge in [-0.05, 0) is 42.8 Å². The molecule has 2 unspecified atom stereocenters. The second-order valence-corrected chi connectivity index (χ2v) is 12.1. The van der Waals surface area contributed by atoms with Crippen molar-refractivity contribution >= 4 is 51.0 Å². The van der Waals surface area contributed by atoms with Gasteiger partial charge in [-0.2, -0.15) is 0 Å². The van der Waals surface area contributed by atoms with Crippen molar-refractivity contribution in [1.29, 1.82) is 0 Å². The Balaban J connectivity index is 1.65. The molecule has 14 nitrogen and oxygen atoms in total. The van der Waals surface area contributed by atoms with Crippen molar-refractivity contribution in [2.45, 2.75) is 30.6 Å². The van der Waals surface area contributed by atoms with Crippen LogP contribution in [0.15, 0.2) is 82.7 Å². The molecule has 4 amide bonds. The monoisotopic (exact) mass is 649 g/mol. The van der Waals surface area contributed by atoms with Crippen LogP contribution in [0.3, 0.4) is 0 Å². The molecule has 0 saturated carbocycles. The molecule has 240 valence electrons. The number of likely N-dealkylation sites (N-methyl/N-ethyl adjacent to an activating group) is 1. The first-order valence-electron chi connectivity index (χ1n) is 14.1. The fraction of sp³-hybridized carbons (Fsp3) is 0.258. The molecule has 46 heavy (non-hydrogen) atoms. The van der Waals surface area contributed by atoms with Crippen LogP contribution in [-0.4, -0.2) is 92.3 Å². The Hall–Kier alpha value is -5.28.